The van der Waals surface area contributed by atoms with Crippen molar-refractivity contribution in [2.45, 2.75) is 39.3 Å². The molecule has 0 radical (unpaired) electrons. The van der Waals surface area contributed by atoms with Gasteiger partial charge in [0.2, 0.25) is 5.89 Å². The van der Waals surface area contributed by atoms with E-state index in [9.17, 15) is 0 Å². The van der Waals surface area contributed by atoms with E-state index in [1.165, 1.54) is 0 Å². The highest BCUT2D eigenvalue weighted by Gasteiger charge is 2.18. The second-order valence-electron chi connectivity index (χ2n) is 6.43. The summed E-state index contributed by atoms with van der Waals surface area (Å²) in [7, 11) is 0. The minimum absolute atomic E-state index is 0.286. The van der Waals surface area contributed by atoms with E-state index in [1.807, 2.05) is 12.3 Å². The van der Waals surface area contributed by atoms with Gasteiger partial charge < -0.3 is 4.52 Å². The molecule has 2 aromatic heterocycles. The lowest BCUT2D eigenvalue weighted by molar-refractivity contribution is 0.239. The van der Waals surface area contributed by atoms with Crippen molar-refractivity contribution in [3.05, 3.63) is 41.8 Å². The van der Waals surface area contributed by atoms with Crippen LogP contribution in [0.3, 0.4) is 0 Å². The van der Waals surface area contributed by atoms with Crippen molar-refractivity contribution in [3.8, 4) is 0 Å². The summed E-state index contributed by atoms with van der Waals surface area (Å²) in [6.07, 6.45) is 3.02. The lowest BCUT2D eigenvalue weighted by atomic mass is 10.2. The third-order valence-corrected chi connectivity index (χ3v) is 4.14. The fourth-order valence-electron chi connectivity index (χ4n) is 2.83. The van der Waals surface area contributed by atoms with Crippen molar-refractivity contribution < 1.29 is 4.52 Å². The Kier molecular flexibility index (Phi) is 5.35. The monoisotopic (exact) mass is 315 g/mol. The number of nitrogens with zero attached hydrogens (tertiary/aromatic N) is 5. The summed E-state index contributed by atoms with van der Waals surface area (Å²) in [6, 6.07) is 6.11. The van der Waals surface area contributed by atoms with Crippen molar-refractivity contribution in [3.63, 3.8) is 0 Å². The number of hydrogen-bond acceptors (Lipinski definition) is 6. The third-order valence-electron chi connectivity index (χ3n) is 4.14. The quantitative estimate of drug-likeness (QED) is 0.844. The zero-order valence-corrected chi connectivity index (χ0v) is 14.0. The van der Waals surface area contributed by atoms with Crippen LogP contribution in [0.5, 0.6) is 0 Å². The van der Waals surface area contributed by atoms with Crippen LogP contribution in [0.2, 0.25) is 0 Å². The van der Waals surface area contributed by atoms with Gasteiger partial charge in [0, 0.05) is 31.7 Å². The van der Waals surface area contributed by atoms with Crippen LogP contribution >= 0.6 is 0 Å². The summed E-state index contributed by atoms with van der Waals surface area (Å²) in [5.74, 6) is 1.81. The molecule has 6 nitrogen and oxygen atoms in total. The Balaban J connectivity index is 1.51. The minimum atomic E-state index is 0.286. The standard InChI is InChI=1S/C17H25N5O/c1-14(2)17-19-16(20-23-17)13-22-9-5-8-21(10-11-22)12-15-6-3-4-7-18-15/h3-4,6-7,14H,5,8-13H2,1-2H3. The van der Waals surface area contributed by atoms with E-state index in [0.717, 1.165) is 63.1 Å². The predicted molar refractivity (Wildman–Crippen MR) is 87.8 cm³/mol. The first kappa shape index (κ1) is 16.1. The highest BCUT2D eigenvalue weighted by atomic mass is 16.5. The molecule has 0 aromatic carbocycles. The van der Waals surface area contributed by atoms with Gasteiger partial charge in [0.25, 0.3) is 0 Å². The largest absolute Gasteiger partial charge is 0.339 e. The highest BCUT2D eigenvalue weighted by molar-refractivity contribution is 5.03. The fraction of sp³-hybridized carbons (Fsp3) is 0.588. The van der Waals surface area contributed by atoms with Crippen LogP contribution in [0, 0.1) is 0 Å². The average Bonchev–Trinajstić information content (AvgIpc) is 2.91. The lowest BCUT2D eigenvalue weighted by Crippen LogP contribution is -2.30. The number of pyridine rings is 1. The summed E-state index contributed by atoms with van der Waals surface area (Å²) in [6.45, 7) is 10.1. The van der Waals surface area contributed by atoms with Crippen LogP contribution < -0.4 is 0 Å². The summed E-state index contributed by atoms with van der Waals surface area (Å²) < 4.78 is 5.29. The second-order valence-corrected chi connectivity index (χ2v) is 6.43. The Labute approximate surface area is 137 Å². The first-order valence-electron chi connectivity index (χ1n) is 8.38. The summed E-state index contributed by atoms with van der Waals surface area (Å²) in [5, 5.41) is 4.10. The molecule has 1 aliphatic rings. The first-order chi connectivity index (χ1) is 11.2. The molecule has 6 heteroatoms. The summed E-state index contributed by atoms with van der Waals surface area (Å²) >= 11 is 0. The summed E-state index contributed by atoms with van der Waals surface area (Å²) in [4.78, 5) is 13.8. The Morgan fingerprint density at radius 2 is 1.87 bits per heavy atom. The van der Waals surface area contributed by atoms with Gasteiger partial charge in [-0.25, -0.2) is 0 Å². The van der Waals surface area contributed by atoms with Gasteiger partial charge in [0.05, 0.1) is 12.2 Å². The molecular weight excluding hydrogens is 290 g/mol. The number of hydrogen-bond donors (Lipinski definition) is 0. The molecule has 0 N–H and O–H groups in total. The van der Waals surface area contributed by atoms with Gasteiger partial charge in [-0.3, -0.25) is 14.8 Å². The first-order valence-corrected chi connectivity index (χ1v) is 8.38. The molecule has 0 saturated carbocycles. The van der Waals surface area contributed by atoms with Gasteiger partial charge in [-0.05, 0) is 31.6 Å². The molecule has 124 valence electrons. The molecule has 0 unspecified atom stereocenters. The topological polar surface area (TPSA) is 58.3 Å². The Bertz CT molecular complexity index is 598. The van der Waals surface area contributed by atoms with Crippen molar-refractivity contribution >= 4 is 0 Å². The molecule has 2 aromatic rings. The molecule has 0 aliphatic carbocycles. The van der Waals surface area contributed by atoms with Crippen LogP contribution in [0.4, 0.5) is 0 Å². The Hall–Kier alpha value is -1.79. The van der Waals surface area contributed by atoms with Crippen LogP contribution in [-0.4, -0.2) is 51.1 Å². The van der Waals surface area contributed by atoms with Crippen LogP contribution in [0.1, 0.15) is 43.6 Å². The zero-order valence-electron chi connectivity index (χ0n) is 14.0. The lowest BCUT2D eigenvalue weighted by Gasteiger charge is -2.20. The normalized spacial score (nSPS) is 17.5. The highest BCUT2D eigenvalue weighted by Crippen LogP contribution is 2.13. The molecule has 1 aliphatic heterocycles. The molecule has 1 saturated heterocycles. The smallest absolute Gasteiger partial charge is 0.229 e. The van der Waals surface area contributed by atoms with Crippen LogP contribution in [-0.2, 0) is 13.1 Å². The van der Waals surface area contributed by atoms with E-state index in [4.69, 9.17) is 4.52 Å². The summed E-state index contributed by atoms with van der Waals surface area (Å²) in [5.41, 5.74) is 1.14. The average molecular weight is 315 g/mol. The van der Waals surface area contributed by atoms with E-state index in [-0.39, 0.29) is 5.92 Å². The number of rotatable bonds is 5. The zero-order chi connectivity index (χ0) is 16.1. The van der Waals surface area contributed by atoms with Crippen molar-refractivity contribution in [1.82, 2.24) is 24.9 Å². The molecule has 1 fully saturated rings. The van der Waals surface area contributed by atoms with Gasteiger partial charge in [-0.1, -0.05) is 25.1 Å². The van der Waals surface area contributed by atoms with E-state index < -0.39 is 0 Å². The molecule has 23 heavy (non-hydrogen) atoms. The molecule has 0 bridgehead atoms. The molecule has 0 spiro atoms. The van der Waals surface area contributed by atoms with E-state index in [2.05, 4.69) is 50.9 Å². The van der Waals surface area contributed by atoms with Gasteiger partial charge >= 0.3 is 0 Å². The van der Waals surface area contributed by atoms with Crippen molar-refractivity contribution in [2.75, 3.05) is 26.2 Å². The second kappa shape index (κ2) is 7.66. The third kappa shape index (κ3) is 4.59. The molecule has 0 atom stereocenters. The maximum Gasteiger partial charge on any atom is 0.229 e. The SMILES string of the molecule is CC(C)c1nc(CN2CCCN(Cc3ccccn3)CC2)no1. The molecular formula is C17H25N5O. The molecule has 0 amide bonds. The minimum Gasteiger partial charge on any atom is -0.339 e. The van der Waals surface area contributed by atoms with Crippen LogP contribution in [0.25, 0.3) is 0 Å². The molecule has 3 rings (SSSR count). The van der Waals surface area contributed by atoms with E-state index in [0.29, 0.717) is 0 Å². The van der Waals surface area contributed by atoms with Gasteiger partial charge in [-0.2, -0.15) is 4.98 Å². The van der Waals surface area contributed by atoms with Gasteiger partial charge in [0.15, 0.2) is 5.82 Å². The van der Waals surface area contributed by atoms with E-state index in [1.54, 1.807) is 0 Å². The maximum atomic E-state index is 5.29. The van der Waals surface area contributed by atoms with Crippen molar-refractivity contribution in [1.29, 1.82) is 0 Å². The van der Waals surface area contributed by atoms with Gasteiger partial charge in [0.1, 0.15) is 0 Å². The van der Waals surface area contributed by atoms with E-state index >= 15 is 0 Å². The maximum absolute atomic E-state index is 5.29. The van der Waals surface area contributed by atoms with Gasteiger partial charge in [-0.15, -0.1) is 0 Å². The Morgan fingerprint density at radius 3 is 2.52 bits per heavy atom. The van der Waals surface area contributed by atoms with Crippen molar-refractivity contribution in [2.24, 2.45) is 0 Å². The molecule has 3 heterocycles. The predicted octanol–water partition coefficient (Wildman–Crippen LogP) is 2.30. The fourth-order valence-corrected chi connectivity index (χ4v) is 2.83. The number of aromatic nitrogens is 3. The Morgan fingerprint density at radius 1 is 1.09 bits per heavy atom. The van der Waals surface area contributed by atoms with Crippen LogP contribution in [0.15, 0.2) is 28.9 Å².